The van der Waals surface area contributed by atoms with Crippen LogP contribution in [0.1, 0.15) is 39.5 Å². The number of alkyl halides is 2. The molecule has 0 aromatic carbocycles. The highest BCUT2D eigenvalue weighted by molar-refractivity contribution is 5.02. The van der Waals surface area contributed by atoms with E-state index in [-0.39, 0.29) is 25.6 Å². The van der Waals surface area contributed by atoms with Crippen molar-refractivity contribution in [2.24, 2.45) is 5.92 Å². The van der Waals surface area contributed by atoms with Crippen LogP contribution in [0.3, 0.4) is 0 Å². The lowest BCUT2D eigenvalue weighted by molar-refractivity contribution is -0.0370. The number of hydrogen-bond acceptors (Lipinski definition) is 2. The molecule has 0 radical (unpaired) electrons. The van der Waals surface area contributed by atoms with E-state index in [9.17, 15) is 8.78 Å². The number of hydrogen-bond donors (Lipinski definition) is 0. The molecule has 1 aliphatic heterocycles. The van der Waals surface area contributed by atoms with Crippen molar-refractivity contribution in [3.63, 3.8) is 0 Å². The normalized spacial score (nSPS) is 33.8. The van der Waals surface area contributed by atoms with Gasteiger partial charge in [0.2, 0.25) is 0 Å². The fourth-order valence-corrected chi connectivity index (χ4v) is 2.34. The molecule has 2 atom stereocenters. The van der Waals surface area contributed by atoms with Crippen molar-refractivity contribution in [1.82, 2.24) is 0 Å². The Bertz CT molecular complexity index is 337. The number of ether oxygens (including phenoxy) is 2. The third-order valence-corrected chi connectivity index (χ3v) is 3.45. The molecule has 1 rings (SSSR count). The molecular weight excluding hydrogens is 262 g/mol. The zero-order valence-corrected chi connectivity index (χ0v) is 12.7. The van der Waals surface area contributed by atoms with Gasteiger partial charge in [0.05, 0.1) is 19.3 Å². The third-order valence-electron chi connectivity index (χ3n) is 3.45. The summed E-state index contributed by atoms with van der Waals surface area (Å²) in [5.41, 5.74) is 1.08. The Labute approximate surface area is 120 Å². The SMILES string of the molecule is COC1/C=C/CCC(F)(F)CCOC/C(C)=C\C(C)C1. The average molecular weight is 288 g/mol. The minimum atomic E-state index is -2.65. The largest absolute Gasteiger partial charge is 0.377 e. The number of methoxy groups -OCH3 is 1. The molecule has 20 heavy (non-hydrogen) atoms. The van der Waals surface area contributed by atoms with E-state index < -0.39 is 5.92 Å². The van der Waals surface area contributed by atoms with Crippen molar-refractivity contribution in [1.29, 1.82) is 0 Å². The maximum Gasteiger partial charge on any atom is 0.250 e. The Balaban J connectivity index is 2.70. The standard InChI is InChI=1S/C16H26F2O2/c1-13-10-14(2)12-20-9-8-16(17,18)7-5-4-6-15(11-13)19-3/h4,6,10,13,15H,5,7-9,11-12H2,1-3H3/b6-4+,14-10-. The highest BCUT2D eigenvalue weighted by atomic mass is 19.3. The van der Waals surface area contributed by atoms with Gasteiger partial charge in [-0.15, -0.1) is 0 Å². The summed E-state index contributed by atoms with van der Waals surface area (Å²) in [7, 11) is 1.65. The maximum absolute atomic E-state index is 13.6. The highest BCUT2D eigenvalue weighted by Crippen LogP contribution is 2.25. The molecule has 0 saturated heterocycles. The molecule has 0 fully saturated rings. The van der Waals surface area contributed by atoms with E-state index in [1.807, 2.05) is 13.0 Å². The summed E-state index contributed by atoms with van der Waals surface area (Å²) in [5, 5.41) is 0. The smallest absolute Gasteiger partial charge is 0.250 e. The van der Waals surface area contributed by atoms with Crippen LogP contribution in [0.4, 0.5) is 8.78 Å². The average Bonchev–Trinajstić information content (AvgIpc) is 2.37. The van der Waals surface area contributed by atoms with Crippen LogP contribution in [0.5, 0.6) is 0 Å². The zero-order chi connectivity index (χ0) is 15.0. The first kappa shape index (κ1) is 17.3. The predicted molar refractivity (Wildman–Crippen MR) is 77.1 cm³/mol. The first-order valence-electron chi connectivity index (χ1n) is 7.25. The van der Waals surface area contributed by atoms with Crippen LogP contribution in [0.2, 0.25) is 0 Å². The first-order valence-corrected chi connectivity index (χ1v) is 7.25. The quantitative estimate of drug-likeness (QED) is 0.667. The van der Waals surface area contributed by atoms with Gasteiger partial charge in [-0.05, 0) is 25.7 Å². The second kappa shape index (κ2) is 8.53. The van der Waals surface area contributed by atoms with Crippen molar-refractivity contribution >= 4 is 0 Å². The summed E-state index contributed by atoms with van der Waals surface area (Å²) in [6.07, 6.45) is 6.69. The highest BCUT2D eigenvalue weighted by Gasteiger charge is 2.27. The van der Waals surface area contributed by atoms with E-state index in [0.29, 0.717) is 18.9 Å². The fourth-order valence-electron chi connectivity index (χ4n) is 2.34. The van der Waals surface area contributed by atoms with Crippen LogP contribution in [-0.2, 0) is 9.47 Å². The van der Waals surface area contributed by atoms with E-state index in [1.54, 1.807) is 13.2 Å². The maximum atomic E-state index is 13.6. The summed E-state index contributed by atoms with van der Waals surface area (Å²) < 4.78 is 37.8. The Kier molecular flexibility index (Phi) is 7.38. The minimum Gasteiger partial charge on any atom is -0.377 e. The Morgan fingerprint density at radius 2 is 2.10 bits per heavy atom. The molecule has 0 spiro atoms. The number of halogens is 2. The lowest BCUT2D eigenvalue weighted by Gasteiger charge is -2.18. The summed E-state index contributed by atoms with van der Waals surface area (Å²) >= 11 is 0. The van der Waals surface area contributed by atoms with Gasteiger partial charge < -0.3 is 9.47 Å². The minimum absolute atomic E-state index is 0.0217. The van der Waals surface area contributed by atoms with Crippen molar-refractivity contribution in [3.05, 3.63) is 23.8 Å². The molecule has 4 heteroatoms. The van der Waals surface area contributed by atoms with Crippen molar-refractivity contribution < 1.29 is 18.3 Å². The van der Waals surface area contributed by atoms with Gasteiger partial charge >= 0.3 is 0 Å². The molecule has 0 aliphatic carbocycles. The molecule has 1 aliphatic rings. The van der Waals surface area contributed by atoms with Gasteiger partial charge in [0.25, 0.3) is 5.92 Å². The Morgan fingerprint density at radius 3 is 2.80 bits per heavy atom. The molecule has 0 bridgehead atoms. The van der Waals surface area contributed by atoms with Crippen molar-refractivity contribution in [3.8, 4) is 0 Å². The topological polar surface area (TPSA) is 18.5 Å². The van der Waals surface area contributed by atoms with E-state index in [0.717, 1.165) is 12.0 Å². The van der Waals surface area contributed by atoms with Gasteiger partial charge in [-0.2, -0.15) is 0 Å². The first-order chi connectivity index (χ1) is 9.43. The summed E-state index contributed by atoms with van der Waals surface area (Å²) in [6.45, 7) is 4.63. The van der Waals surface area contributed by atoms with Crippen molar-refractivity contribution in [2.75, 3.05) is 20.3 Å². The fraction of sp³-hybridized carbons (Fsp3) is 0.750. The van der Waals surface area contributed by atoms with Crippen LogP contribution in [0.25, 0.3) is 0 Å². The molecule has 0 aromatic heterocycles. The zero-order valence-electron chi connectivity index (χ0n) is 12.7. The predicted octanol–water partition coefficient (Wildman–Crippen LogP) is 4.37. The van der Waals surface area contributed by atoms with E-state index in [2.05, 4.69) is 13.0 Å². The van der Waals surface area contributed by atoms with E-state index >= 15 is 0 Å². The van der Waals surface area contributed by atoms with Gasteiger partial charge in [0.1, 0.15) is 0 Å². The van der Waals surface area contributed by atoms with Crippen LogP contribution in [0.15, 0.2) is 23.8 Å². The van der Waals surface area contributed by atoms with E-state index in [4.69, 9.17) is 9.47 Å². The number of allylic oxidation sites excluding steroid dienone is 2. The molecular formula is C16H26F2O2. The lowest BCUT2D eigenvalue weighted by atomic mass is 10.00. The van der Waals surface area contributed by atoms with Crippen molar-refractivity contribution in [2.45, 2.75) is 51.6 Å². The van der Waals surface area contributed by atoms with Crippen LogP contribution < -0.4 is 0 Å². The molecule has 0 amide bonds. The monoisotopic (exact) mass is 288 g/mol. The van der Waals surface area contributed by atoms with Gasteiger partial charge in [-0.1, -0.05) is 30.7 Å². The van der Waals surface area contributed by atoms with Gasteiger partial charge in [0, 0.05) is 20.0 Å². The molecule has 0 N–H and O–H groups in total. The number of rotatable bonds is 1. The second-order valence-electron chi connectivity index (χ2n) is 5.63. The van der Waals surface area contributed by atoms with Crippen LogP contribution in [0, 0.1) is 5.92 Å². The molecule has 116 valence electrons. The molecule has 0 aromatic rings. The van der Waals surface area contributed by atoms with Crippen LogP contribution >= 0.6 is 0 Å². The summed E-state index contributed by atoms with van der Waals surface area (Å²) in [4.78, 5) is 0. The van der Waals surface area contributed by atoms with Crippen LogP contribution in [-0.4, -0.2) is 32.4 Å². The second-order valence-corrected chi connectivity index (χ2v) is 5.63. The van der Waals surface area contributed by atoms with Gasteiger partial charge in [-0.25, -0.2) is 8.78 Å². The summed E-state index contributed by atoms with van der Waals surface area (Å²) in [5.74, 6) is -2.28. The molecule has 0 saturated carbocycles. The van der Waals surface area contributed by atoms with Gasteiger partial charge in [0.15, 0.2) is 0 Å². The van der Waals surface area contributed by atoms with Gasteiger partial charge in [-0.3, -0.25) is 0 Å². The Morgan fingerprint density at radius 1 is 1.35 bits per heavy atom. The summed E-state index contributed by atoms with van der Waals surface area (Å²) in [6, 6.07) is 0. The third kappa shape index (κ3) is 7.15. The molecule has 2 unspecified atom stereocenters. The molecule has 1 heterocycles. The lowest BCUT2D eigenvalue weighted by Crippen LogP contribution is -2.19. The Hall–Kier alpha value is -0.740. The van der Waals surface area contributed by atoms with E-state index in [1.165, 1.54) is 0 Å². The molecule has 2 nitrogen and oxygen atoms in total.